The van der Waals surface area contributed by atoms with Crippen molar-refractivity contribution < 1.29 is 24.2 Å². The van der Waals surface area contributed by atoms with E-state index in [1.807, 2.05) is 18.2 Å². The lowest BCUT2D eigenvalue weighted by Crippen LogP contribution is -2.33. The van der Waals surface area contributed by atoms with Crippen LogP contribution in [-0.2, 0) is 16.3 Å². The minimum atomic E-state index is -1.14. The van der Waals surface area contributed by atoms with E-state index in [4.69, 9.17) is 9.47 Å². The number of rotatable bonds is 16. The van der Waals surface area contributed by atoms with Crippen molar-refractivity contribution in [3.63, 3.8) is 0 Å². The highest BCUT2D eigenvalue weighted by Crippen LogP contribution is 2.36. The molecule has 1 heterocycles. The van der Waals surface area contributed by atoms with Gasteiger partial charge in [-0.15, -0.1) is 0 Å². The average Bonchev–Trinajstić information content (AvgIpc) is 3.47. The number of aromatic nitrogens is 1. The van der Waals surface area contributed by atoms with Crippen molar-refractivity contribution in [3.8, 4) is 5.75 Å². The maximum atomic E-state index is 11.8. The van der Waals surface area contributed by atoms with Crippen molar-refractivity contribution in [2.24, 2.45) is 0 Å². The topological polar surface area (TPSA) is 84.2 Å². The predicted octanol–water partition coefficient (Wildman–Crippen LogP) is 8.33. The third-order valence-electron chi connectivity index (χ3n) is 8.13. The van der Waals surface area contributed by atoms with Crippen LogP contribution in [0.2, 0.25) is 25.7 Å². The van der Waals surface area contributed by atoms with Gasteiger partial charge in [-0.2, -0.15) is 0 Å². The highest BCUT2D eigenvalue weighted by atomic mass is 28.3. The molecule has 1 N–H and O–H groups in total. The van der Waals surface area contributed by atoms with Crippen molar-refractivity contribution in [3.05, 3.63) is 114 Å². The van der Waals surface area contributed by atoms with E-state index >= 15 is 0 Å². The Balaban J connectivity index is 1.55. The molecule has 254 valence electrons. The zero-order valence-corrected chi connectivity index (χ0v) is 30.1. The number of hydrogen-bond donors (Lipinski definition) is 1. The molecular weight excluding hydrogens is 619 g/mol. The summed E-state index contributed by atoms with van der Waals surface area (Å²) in [7, 11) is 2.15. The lowest BCUT2D eigenvalue weighted by atomic mass is 9.88. The zero-order chi connectivity index (χ0) is 34.7. The largest absolute Gasteiger partial charge is 0.492 e. The molecular formula is C39H49N3O5Si. The predicted molar refractivity (Wildman–Crippen MR) is 198 cm³/mol. The molecule has 0 radical (unpaired) electrons. The monoisotopic (exact) mass is 667 g/mol. The summed E-state index contributed by atoms with van der Waals surface area (Å²) in [6, 6.07) is 28.4. The van der Waals surface area contributed by atoms with E-state index in [2.05, 4.69) is 98.0 Å². The van der Waals surface area contributed by atoms with Crippen LogP contribution in [-0.4, -0.2) is 79.9 Å². The van der Waals surface area contributed by atoms with Gasteiger partial charge in [-0.05, 0) is 70.6 Å². The Morgan fingerprint density at radius 3 is 2.25 bits per heavy atom. The molecule has 0 saturated carbocycles. The third kappa shape index (κ3) is 10.2. The second kappa shape index (κ2) is 17.0. The molecule has 48 heavy (non-hydrogen) atoms. The van der Waals surface area contributed by atoms with E-state index in [9.17, 15) is 14.7 Å². The van der Waals surface area contributed by atoms with Crippen molar-refractivity contribution >= 4 is 42.1 Å². The summed E-state index contributed by atoms with van der Waals surface area (Å²) in [5, 5.41) is 10.8. The number of allylic oxidation sites excluding steroid dienone is 1. The summed E-state index contributed by atoms with van der Waals surface area (Å²) in [5.74, 6) is 0.459. The maximum Gasteiger partial charge on any atom is 0.407 e. The van der Waals surface area contributed by atoms with Crippen LogP contribution in [0.4, 0.5) is 4.79 Å². The lowest BCUT2D eigenvalue weighted by molar-refractivity contribution is -0.123. The molecule has 1 aromatic heterocycles. The first-order chi connectivity index (χ1) is 23.0. The Labute approximate surface area is 285 Å². The zero-order valence-electron chi connectivity index (χ0n) is 29.1. The van der Waals surface area contributed by atoms with Gasteiger partial charge in [0.25, 0.3) is 0 Å². The van der Waals surface area contributed by atoms with Crippen LogP contribution in [0.5, 0.6) is 5.75 Å². The van der Waals surface area contributed by atoms with Gasteiger partial charge in [-0.25, -0.2) is 4.79 Å². The van der Waals surface area contributed by atoms with Crippen LogP contribution < -0.4 is 4.74 Å². The van der Waals surface area contributed by atoms with Gasteiger partial charge in [0.05, 0.1) is 12.1 Å². The molecule has 0 aliphatic heterocycles. The van der Waals surface area contributed by atoms with Crippen LogP contribution in [0, 0.1) is 0 Å². The first-order valence-corrected chi connectivity index (χ1v) is 20.2. The van der Waals surface area contributed by atoms with Crippen LogP contribution in [0.15, 0.2) is 97.2 Å². The Kier molecular flexibility index (Phi) is 12.8. The van der Waals surface area contributed by atoms with Gasteiger partial charge in [0.1, 0.15) is 19.1 Å². The SMILES string of the molecule is CC/C(=C(/c1ccc(OCCN(C/C=C/C(=O)N(C)C)C(=O)O)cc1)c1ccc2c(ccn2COCC[Si](C)(C)C)c1)c1ccccc1. The quantitative estimate of drug-likeness (QED) is 0.0562. The number of hydrogen-bond acceptors (Lipinski definition) is 4. The summed E-state index contributed by atoms with van der Waals surface area (Å²) in [6.07, 6.45) is 4.80. The molecule has 4 rings (SSSR count). The maximum absolute atomic E-state index is 11.8. The molecule has 4 aromatic rings. The van der Waals surface area contributed by atoms with E-state index < -0.39 is 14.2 Å². The van der Waals surface area contributed by atoms with Crippen molar-refractivity contribution in [2.75, 3.05) is 40.4 Å². The number of amides is 2. The number of carbonyl (C=O) groups is 2. The van der Waals surface area contributed by atoms with Gasteiger partial charge in [-0.1, -0.05) is 81.2 Å². The fourth-order valence-corrected chi connectivity index (χ4v) is 6.13. The molecule has 0 atom stereocenters. The van der Waals surface area contributed by atoms with Gasteiger partial charge in [0, 0.05) is 53.0 Å². The summed E-state index contributed by atoms with van der Waals surface area (Å²) < 4.78 is 14.2. The minimum Gasteiger partial charge on any atom is -0.492 e. The molecule has 8 nitrogen and oxygen atoms in total. The molecule has 0 fully saturated rings. The van der Waals surface area contributed by atoms with E-state index in [-0.39, 0.29) is 25.6 Å². The fourth-order valence-electron chi connectivity index (χ4n) is 5.38. The molecule has 9 heteroatoms. The number of benzene rings is 3. The van der Waals surface area contributed by atoms with Gasteiger partial charge < -0.3 is 28.9 Å². The lowest BCUT2D eigenvalue weighted by Gasteiger charge is -2.19. The Hall–Kier alpha value is -4.60. The fraction of sp³-hybridized carbons (Fsp3) is 0.333. The summed E-state index contributed by atoms with van der Waals surface area (Å²) in [6.45, 7) is 11.1. The van der Waals surface area contributed by atoms with Crippen molar-refractivity contribution in [2.45, 2.75) is 45.8 Å². The van der Waals surface area contributed by atoms with Crippen LogP contribution in [0.25, 0.3) is 22.0 Å². The molecule has 0 spiro atoms. The number of ether oxygens (including phenoxy) is 2. The molecule has 2 amide bonds. The minimum absolute atomic E-state index is 0.101. The summed E-state index contributed by atoms with van der Waals surface area (Å²) in [4.78, 5) is 26.1. The Bertz CT molecular complexity index is 1720. The molecule has 0 unspecified atom stereocenters. The molecule has 0 bridgehead atoms. The van der Waals surface area contributed by atoms with Crippen molar-refractivity contribution in [1.82, 2.24) is 14.4 Å². The van der Waals surface area contributed by atoms with Crippen LogP contribution in [0.3, 0.4) is 0 Å². The standard InChI is InChI=1S/C39H49N3O5Si/c1-7-35(30-12-9-8-10-13-30)38(33-17-20-36-32(28-33)21-23-42(36)29-46-26-27-48(4,5)6)31-15-18-34(19-16-31)47-25-24-41(39(44)45)22-11-14-37(43)40(2)3/h8-21,23,28H,7,22,24-27,29H2,1-6H3,(H,44,45)/b14-11+,38-35+. The van der Waals surface area contributed by atoms with E-state index in [0.29, 0.717) is 12.5 Å². The summed E-state index contributed by atoms with van der Waals surface area (Å²) >= 11 is 0. The first-order valence-electron chi connectivity index (χ1n) is 16.5. The van der Waals surface area contributed by atoms with Crippen LogP contribution >= 0.6 is 0 Å². The number of fused-ring (bicyclic) bond motifs is 1. The average molecular weight is 668 g/mol. The molecule has 0 aliphatic rings. The second-order valence-electron chi connectivity index (χ2n) is 13.2. The highest BCUT2D eigenvalue weighted by molar-refractivity contribution is 6.76. The van der Waals surface area contributed by atoms with Crippen LogP contribution in [0.1, 0.15) is 30.0 Å². The number of carboxylic acid groups (broad SMARTS) is 1. The van der Waals surface area contributed by atoms with E-state index in [0.717, 1.165) is 46.7 Å². The summed E-state index contributed by atoms with van der Waals surface area (Å²) in [5.41, 5.74) is 6.93. The number of carbonyl (C=O) groups excluding carboxylic acids is 1. The van der Waals surface area contributed by atoms with Gasteiger partial charge in [0.2, 0.25) is 5.91 Å². The third-order valence-corrected chi connectivity index (χ3v) is 9.84. The van der Waals surface area contributed by atoms with Crippen molar-refractivity contribution in [1.29, 1.82) is 0 Å². The molecule has 3 aromatic carbocycles. The number of nitrogens with zero attached hydrogens (tertiary/aromatic N) is 3. The normalized spacial score (nSPS) is 12.3. The second-order valence-corrected chi connectivity index (χ2v) is 18.8. The van der Waals surface area contributed by atoms with Gasteiger partial charge in [-0.3, -0.25) is 4.79 Å². The van der Waals surface area contributed by atoms with Gasteiger partial charge in [0.15, 0.2) is 0 Å². The Morgan fingerprint density at radius 2 is 1.60 bits per heavy atom. The van der Waals surface area contributed by atoms with Gasteiger partial charge >= 0.3 is 6.09 Å². The Morgan fingerprint density at radius 1 is 0.896 bits per heavy atom. The van der Waals surface area contributed by atoms with E-state index in [1.165, 1.54) is 27.0 Å². The highest BCUT2D eigenvalue weighted by Gasteiger charge is 2.16. The molecule has 0 aliphatic carbocycles. The first kappa shape index (κ1) is 36.2. The van der Waals surface area contributed by atoms with E-state index in [1.54, 1.807) is 20.2 Å². The number of likely N-dealkylation sites (N-methyl/N-ethyl adjacent to an activating group) is 1. The molecule has 0 saturated heterocycles. The smallest absolute Gasteiger partial charge is 0.407 e.